The number of benzene rings is 1. The summed E-state index contributed by atoms with van der Waals surface area (Å²) in [6.45, 7) is 0.563. The van der Waals surface area contributed by atoms with Crippen LogP contribution >= 0.6 is 0 Å². The average Bonchev–Trinajstić information content (AvgIpc) is 2.52. The van der Waals surface area contributed by atoms with E-state index < -0.39 is 10.8 Å². The number of nitrogens with zero attached hydrogens (tertiary/aromatic N) is 3. The van der Waals surface area contributed by atoms with Crippen molar-refractivity contribution in [3.8, 4) is 0 Å². The predicted molar refractivity (Wildman–Crippen MR) is 82.8 cm³/mol. The number of primary amides is 1. The molecule has 1 heterocycles. The van der Waals surface area contributed by atoms with Gasteiger partial charge in [0.1, 0.15) is 5.69 Å². The van der Waals surface area contributed by atoms with E-state index in [-0.39, 0.29) is 11.3 Å². The zero-order chi connectivity index (χ0) is 16.1. The van der Waals surface area contributed by atoms with Crippen LogP contribution in [0.1, 0.15) is 16.1 Å². The SMILES string of the molecule is CN(CCc1ccccn1)c1ccc(C(N)=O)cc1[N+](=O)[O-]. The average molecular weight is 300 g/mol. The summed E-state index contributed by atoms with van der Waals surface area (Å²) in [6, 6.07) is 9.86. The first kappa shape index (κ1) is 15.4. The van der Waals surface area contributed by atoms with E-state index in [1.807, 2.05) is 18.2 Å². The second-order valence-corrected chi connectivity index (χ2v) is 4.82. The molecule has 0 unspecified atom stereocenters. The largest absolute Gasteiger partial charge is 0.369 e. The van der Waals surface area contributed by atoms with Crippen molar-refractivity contribution >= 4 is 17.3 Å². The van der Waals surface area contributed by atoms with E-state index in [0.717, 1.165) is 5.69 Å². The number of hydrogen-bond acceptors (Lipinski definition) is 5. The van der Waals surface area contributed by atoms with Crippen molar-refractivity contribution in [3.63, 3.8) is 0 Å². The molecule has 1 amide bonds. The van der Waals surface area contributed by atoms with Gasteiger partial charge in [0.2, 0.25) is 5.91 Å². The normalized spacial score (nSPS) is 10.2. The second-order valence-electron chi connectivity index (χ2n) is 4.82. The first-order valence-electron chi connectivity index (χ1n) is 6.68. The van der Waals surface area contributed by atoms with Crippen LogP contribution in [0, 0.1) is 10.1 Å². The maximum absolute atomic E-state index is 11.2. The molecule has 7 heteroatoms. The Morgan fingerprint density at radius 3 is 2.73 bits per heavy atom. The van der Waals surface area contributed by atoms with Crippen molar-refractivity contribution in [1.29, 1.82) is 0 Å². The Kier molecular flexibility index (Phi) is 4.67. The number of nitro benzene ring substituents is 1. The van der Waals surface area contributed by atoms with E-state index in [9.17, 15) is 14.9 Å². The van der Waals surface area contributed by atoms with Gasteiger partial charge in [-0.25, -0.2) is 0 Å². The van der Waals surface area contributed by atoms with Gasteiger partial charge < -0.3 is 10.6 Å². The van der Waals surface area contributed by atoms with E-state index in [0.29, 0.717) is 18.7 Å². The molecule has 0 saturated heterocycles. The maximum Gasteiger partial charge on any atom is 0.293 e. The van der Waals surface area contributed by atoms with Gasteiger partial charge in [0, 0.05) is 43.5 Å². The van der Waals surface area contributed by atoms with Crippen LogP contribution in [-0.2, 0) is 6.42 Å². The Morgan fingerprint density at radius 2 is 2.14 bits per heavy atom. The van der Waals surface area contributed by atoms with Crippen LogP contribution in [0.15, 0.2) is 42.6 Å². The number of aromatic nitrogens is 1. The van der Waals surface area contributed by atoms with Gasteiger partial charge in [-0.3, -0.25) is 19.9 Å². The van der Waals surface area contributed by atoms with Gasteiger partial charge in [-0.1, -0.05) is 6.07 Å². The highest BCUT2D eigenvalue weighted by atomic mass is 16.6. The minimum Gasteiger partial charge on any atom is -0.369 e. The second kappa shape index (κ2) is 6.66. The molecule has 0 atom stereocenters. The Labute approximate surface area is 127 Å². The number of carbonyl (C=O) groups is 1. The Bertz CT molecular complexity index is 688. The fourth-order valence-electron chi connectivity index (χ4n) is 2.09. The zero-order valence-corrected chi connectivity index (χ0v) is 12.1. The lowest BCUT2D eigenvalue weighted by molar-refractivity contribution is -0.384. The fraction of sp³-hybridized carbons (Fsp3) is 0.200. The number of rotatable bonds is 6. The first-order chi connectivity index (χ1) is 10.5. The van der Waals surface area contributed by atoms with Crippen LogP contribution in [-0.4, -0.2) is 29.4 Å². The van der Waals surface area contributed by atoms with Gasteiger partial charge in [0.05, 0.1) is 4.92 Å². The number of anilines is 1. The number of nitrogens with two attached hydrogens (primary N) is 1. The van der Waals surface area contributed by atoms with E-state index in [2.05, 4.69) is 4.98 Å². The molecule has 114 valence electrons. The minimum atomic E-state index is -0.689. The lowest BCUT2D eigenvalue weighted by Gasteiger charge is -2.19. The number of amides is 1. The topological polar surface area (TPSA) is 102 Å². The molecular formula is C15H16N4O3. The lowest BCUT2D eigenvalue weighted by Crippen LogP contribution is -2.22. The summed E-state index contributed by atoms with van der Waals surface area (Å²) in [6.07, 6.45) is 2.37. The summed E-state index contributed by atoms with van der Waals surface area (Å²) in [4.78, 5) is 27.8. The van der Waals surface area contributed by atoms with E-state index in [1.54, 1.807) is 18.1 Å². The van der Waals surface area contributed by atoms with E-state index >= 15 is 0 Å². The fourth-order valence-corrected chi connectivity index (χ4v) is 2.09. The van der Waals surface area contributed by atoms with Crippen molar-refractivity contribution in [2.24, 2.45) is 5.73 Å². The monoisotopic (exact) mass is 300 g/mol. The first-order valence-corrected chi connectivity index (χ1v) is 6.68. The molecular weight excluding hydrogens is 284 g/mol. The number of carbonyl (C=O) groups excluding carboxylic acids is 1. The van der Waals surface area contributed by atoms with Gasteiger partial charge in [0.15, 0.2) is 0 Å². The molecule has 0 saturated carbocycles. The maximum atomic E-state index is 11.2. The molecule has 0 fully saturated rings. The summed E-state index contributed by atoms with van der Waals surface area (Å²) in [5, 5.41) is 11.2. The number of nitro groups is 1. The Hall–Kier alpha value is -2.96. The predicted octanol–water partition coefficient (Wildman–Crippen LogP) is 1.77. The van der Waals surface area contributed by atoms with Gasteiger partial charge in [0.25, 0.3) is 5.69 Å². The zero-order valence-electron chi connectivity index (χ0n) is 12.1. The minimum absolute atomic E-state index is 0.119. The summed E-state index contributed by atoms with van der Waals surface area (Å²) in [5.74, 6) is -0.689. The van der Waals surface area contributed by atoms with E-state index in [1.165, 1.54) is 18.2 Å². The highest BCUT2D eigenvalue weighted by Gasteiger charge is 2.19. The molecule has 2 N–H and O–H groups in total. The van der Waals surface area contributed by atoms with Gasteiger partial charge in [-0.15, -0.1) is 0 Å². The third-order valence-corrected chi connectivity index (χ3v) is 3.30. The van der Waals surface area contributed by atoms with Crippen LogP contribution in [0.5, 0.6) is 0 Å². The van der Waals surface area contributed by atoms with Crippen LogP contribution in [0.3, 0.4) is 0 Å². The molecule has 0 aliphatic heterocycles. The van der Waals surface area contributed by atoms with Crippen molar-refractivity contribution in [1.82, 2.24) is 4.98 Å². The molecule has 0 spiro atoms. The summed E-state index contributed by atoms with van der Waals surface area (Å²) in [5.41, 5.74) is 6.48. The standard InChI is InChI=1S/C15H16N4O3/c1-18(9-7-12-4-2-3-8-17-12)13-6-5-11(15(16)20)10-14(13)19(21)22/h2-6,8,10H,7,9H2,1H3,(H2,16,20). The van der Waals surface area contributed by atoms with Crippen molar-refractivity contribution in [3.05, 3.63) is 64.0 Å². The highest BCUT2D eigenvalue weighted by molar-refractivity contribution is 5.94. The van der Waals surface area contributed by atoms with Crippen molar-refractivity contribution in [2.45, 2.75) is 6.42 Å². The van der Waals surface area contributed by atoms with E-state index in [4.69, 9.17) is 5.73 Å². The Morgan fingerprint density at radius 1 is 1.36 bits per heavy atom. The van der Waals surface area contributed by atoms with Crippen LogP contribution in [0.4, 0.5) is 11.4 Å². The molecule has 0 aliphatic rings. The third-order valence-electron chi connectivity index (χ3n) is 3.30. The molecule has 0 aliphatic carbocycles. The van der Waals surface area contributed by atoms with Crippen molar-refractivity contribution in [2.75, 3.05) is 18.5 Å². The number of pyridine rings is 1. The number of likely N-dealkylation sites (N-methyl/N-ethyl adjacent to an activating group) is 1. The third kappa shape index (κ3) is 3.57. The van der Waals surface area contributed by atoms with Gasteiger partial charge in [-0.05, 0) is 24.3 Å². The molecule has 0 bridgehead atoms. The lowest BCUT2D eigenvalue weighted by atomic mass is 10.1. The molecule has 1 aromatic heterocycles. The van der Waals surface area contributed by atoms with Crippen LogP contribution in [0.2, 0.25) is 0 Å². The summed E-state index contributed by atoms with van der Waals surface area (Å²) in [7, 11) is 1.76. The molecule has 2 aromatic rings. The van der Waals surface area contributed by atoms with Crippen LogP contribution in [0.25, 0.3) is 0 Å². The summed E-state index contributed by atoms with van der Waals surface area (Å²) >= 11 is 0. The molecule has 7 nitrogen and oxygen atoms in total. The number of hydrogen-bond donors (Lipinski definition) is 1. The van der Waals surface area contributed by atoms with Crippen molar-refractivity contribution < 1.29 is 9.72 Å². The molecule has 22 heavy (non-hydrogen) atoms. The molecule has 0 radical (unpaired) electrons. The molecule has 1 aromatic carbocycles. The van der Waals surface area contributed by atoms with Gasteiger partial charge in [-0.2, -0.15) is 0 Å². The van der Waals surface area contributed by atoms with Crippen LogP contribution < -0.4 is 10.6 Å². The summed E-state index contributed by atoms with van der Waals surface area (Å²) < 4.78 is 0. The van der Waals surface area contributed by atoms with Gasteiger partial charge >= 0.3 is 0 Å². The Balaban J connectivity index is 2.19. The smallest absolute Gasteiger partial charge is 0.293 e. The highest BCUT2D eigenvalue weighted by Crippen LogP contribution is 2.28. The molecule has 2 rings (SSSR count). The quantitative estimate of drug-likeness (QED) is 0.647.